The normalized spacial score (nSPS) is 10.5. The number of aromatic nitrogens is 1. The second-order valence-electron chi connectivity index (χ2n) is 5.06. The molecular weight excluding hydrogens is 284 g/mol. The first kappa shape index (κ1) is 15.8. The van der Waals surface area contributed by atoms with Crippen LogP contribution in [0.2, 0.25) is 0 Å². The number of nitrogens with zero attached hydrogens (tertiary/aromatic N) is 2. The summed E-state index contributed by atoms with van der Waals surface area (Å²) in [4.78, 5) is 24.4. The van der Waals surface area contributed by atoms with Crippen LogP contribution >= 0.6 is 0 Å². The van der Waals surface area contributed by atoms with E-state index in [4.69, 9.17) is 9.63 Å². The minimum Gasteiger partial charge on any atom is -0.480 e. The van der Waals surface area contributed by atoms with Gasteiger partial charge in [-0.25, -0.2) is 0 Å². The van der Waals surface area contributed by atoms with Gasteiger partial charge in [-0.05, 0) is 13.3 Å². The molecule has 1 amide bonds. The third-order valence-corrected chi connectivity index (χ3v) is 3.18. The Hall–Kier alpha value is -2.63. The Labute approximate surface area is 128 Å². The Morgan fingerprint density at radius 1 is 1.27 bits per heavy atom. The number of hydrogen-bond acceptors (Lipinski definition) is 4. The Bertz CT molecular complexity index is 661. The molecule has 2 aromatic rings. The minimum atomic E-state index is -1.06. The molecule has 1 aromatic heterocycles. The summed E-state index contributed by atoms with van der Waals surface area (Å²) in [6, 6.07) is 9.21. The van der Waals surface area contributed by atoms with Crippen molar-refractivity contribution in [3.8, 4) is 11.3 Å². The van der Waals surface area contributed by atoms with Gasteiger partial charge in [0.1, 0.15) is 12.2 Å². The maximum absolute atomic E-state index is 12.3. The van der Waals surface area contributed by atoms with Crippen molar-refractivity contribution in [1.29, 1.82) is 0 Å². The van der Waals surface area contributed by atoms with E-state index in [1.807, 2.05) is 38.1 Å². The van der Waals surface area contributed by atoms with Gasteiger partial charge in [-0.15, -0.1) is 0 Å². The molecule has 22 heavy (non-hydrogen) atoms. The van der Waals surface area contributed by atoms with Crippen molar-refractivity contribution in [2.24, 2.45) is 0 Å². The fourth-order valence-corrected chi connectivity index (χ4v) is 2.08. The lowest BCUT2D eigenvalue weighted by Crippen LogP contribution is -2.36. The molecule has 0 fully saturated rings. The summed E-state index contributed by atoms with van der Waals surface area (Å²) in [6.07, 6.45) is 0.665. The summed E-state index contributed by atoms with van der Waals surface area (Å²) in [5.41, 5.74) is 2.52. The molecule has 0 aliphatic carbocycles. The van der Waals surface area contributed by atoms with Gasteiger partial charge in [-0.2, -0.15) is 0 Å². The summed E-state index contributed by atoms with van der Waals surface area (Å²) in [6.45, 7) is 3.86. The van der Waals surface area contributed by atoms with Crippen LogP contribution in [-0.4, -0.2) is 40.1 Å². The fourth-order valence-electron chi connectivity index (χ4n) is 2.08. The Morgan fingerprint density at radius 3 is 2.55 bits per heavy atom. The molecule has 0 aliphatic heterocycles. The number of aryl methyl sites for hydroxylation is 1. The topological polar surface area (TPSA) is 83.6 Å². The molecule has 6 heteroatoms. The highest BCUT2D eigenvalue weighted by Gasteiger charge is 2.22. The van der Waals surface area contributed by atoms with Gasteiger partial charge in [-0.3, -0.25) is 9.59 Å². The van der Waals surface area contributed by atoms with E-state index in [0.29, 0.717) is 18.7 Å². The maximum Gasteiger partial charge on any atom is 0.323 e. The van der Waals surface area contributed by atoms with Crippen molar-refractivity contribution in [3.63, 3.8) is 0 Å². The Morgan fingerprint density at radius 2 is 1.95 bits per heavy atom. The molecule has 0 radical (unpaired) electrons. The number of rotatable bonds is 6. The highest BCUT2D eigenvalue weighted by Crippen LogP contribution is 2.20. The molecular formula is C16H18N2O4. The first-order chi connectivity index (χ1) is 10.5. The molecule has 0 bridgehead atoms. The van der Waals surface area contributed by atoms with Crippen LogP contribution in [0, 0.1) is 6.92 Å². The van der Waals surface area contributed by atoms with Gasteiger partial charge in [0.25, 0.3) is 5.91 Å². The standard InChI is InChI=1S/C16H18N2O4/c1-3-8-18(10-15(19)20)16(21)14-9-13(17-22-14)12-6-4-11(2)5-7-12/h4-7,9H,3,8,10H2,1-2H3,(H,19,20). The van der Waals surface area contributed by atoms with E-state index >= 15 is 0 Å². The number of carboxylic acids is 1. The van der Waals surface area contributed by atoms with Gasteiger partial charge in [0.05, 0.1) is 0 Å². The van der Waals surface area contributed by atoms with Crippen molar-refractivity contribution in [2.45, 2.75) is 20.3 Å². The number of hydrogen-bond donors (Lipinski definition) is 1. The predicted octanol–water partition coefficient (Wildman–Crippen LogP) is 2.59. The number of amides is 1. The number of carbonyl (C=O) groups is 2. The van der Waals surface area contributed by atoms with Gasteiger partial charge in [0.15, 0.2) is 0 Å². The first-order valence-corrected chi connectivity index (χ1v) is 7.06. The summed E-state index contributed by atoms with van der Waals surface area (Å²) in [7, 11) is 0. The van der Waals surface area contributed by atoms with Crippen LogP contribution in [0.1, 0.15) is 29.5 Å². The molecule has 1 N–H and O–H groups in total. The fraction of sp³-hybridized carbons (Fsp3) is 0.312. The number of aliphatic carboxylic acids is 1. The van der Waals surface area contributed by atoms with Crippen molar-refractivity contribution in [3.05, 3.63) is 41.7 Å². The molecule has 1 aromatic carbocycles. The minimum absolute atomic E-state index is 0.0466. The monoisotopic (exact) mass is 302 g/mol. The Kier molecular flexibility index (Phi) is 4.93. The largest absolute Gasteiger partial charge is 0.480 e. The zero-order valence-electron chi connectivity index (χ0n) is 12.6. The van der Waals surface area contributed by atoms with E-state index < -0.39 is 11.9 Å². The van der Waals surface area contributed by atoms with Gasteiger partial charge >= 0.3 is 5.97 Å². The van der Waals surface area contributed by atoms with E-state index in [-0.39, 0.29) is 12.3 Å². The molecule has 0 saturated carbocycles. The van der Waals surface area contributed by atoms with Gasteiger partial charge in [0.2, 0.25) is 5.76 Å². The Balaban J connectivity index is 2.20. The summed E-state index contributed by atoms with van der Waals surface area (Å²) < 4.78 is 5.09. The average Bonchev–Trinajstić information content (AvgIpc) is 2.96. The molecule has 116 valence electrons. The number of carbonyl (C=O) groups excluding carboxylic acids is 1. The summed E-state index contributed by atoms with van der Waals surface area (Å²) in [5, 5.41) is 12.8. The highest BCUT2D eigenvalue weighted by molar-refractivity contribution is 5.94. The van der Waals surface area contributed by atoms with Crippen LogP contribution in [0.4, 0.5) is 0 Å². The number of benzene rings is 1. The van der Waals surface area contributed by atoms with E-state index in [2.05, 4.69) is 5.16 Å². The van der Waals surface area contributed by atoms with Crippen LogP contribution < -0.4 is 0 Å². The van der Waals surface area contributed by atoms with Crippen LogP contribution in [-0.2, 0) is 4.79 Å². The lowest BCUT2D eigenvalue weighted by atomic mass is 10.1. The van der Waals surface area contributed by atoms with Crippen molar-refractivity contribution < 1.29 is 19.2 Å². The first-order valence-electron chi connectivity index (χ1n) is 7.06. The SMILES string of the molecule is CCCN(CC(=O)O)C(=O)c1cc(-c2ccc(C)cc2)no1. The van der Waals surface area contributed by atoms with Crippen molar-refractivity contribution in [2.75, 3.05) is 13.1 Å². The molecule has 0 atom stereocenters. The van der Waals surface area contributed by atoms with E-state index in [1.54, 1.807) is 0 Å². The van der Waals surface area contributed by atoms with Gasteiger partial charge in [0, 0.05) is 18.2 Å². The molecule has 0 unspecified atom stereocenters. The zero-order chi connectivity index (χ0) is 16.1. The second kappa shape index (κ2) is 6.89. The van der Waals surface area contributed by atoms with Gasteiger partial charge in [-0.1, -0.05) is 41.9 Å². The van der Waals surface area contributed by atoms with Crippen molar-refractivity contribution >= 4 is 11.9 Å². The third kappa shape index (κ3) is 3.72. The second-order valence-corrected chi connectivity index (χ2v) is 5.06. The molecule has 2 rings (SSSR count). The number of carboxylic acid groups (broad SMARTS) is 1. The predicted molar refractivity (Wildman–Crippen MR) is 80.5 cm³/mol. The average molecular weight is 302 g/mol. The smallest absolute Gasteiger partial charge is 0.323 e. The lowest BCUT2D eigenvalue weighted by Gasteiger charge is -2.17. The quantitative estimate of drug-likeness (QED) is 0.886. The van der Waals surface area contributed by atoms with E-state index in [1.165, 1.54) is 11.0 Å². The molecule has 6 nitrogen and oxygen atoms in total. The summed E-state index contributed by atoms with van der Waals surface area (Å²) >= 11 is 0. The highest BCUT2D eigenvalue weighted by atomic mass is 16.5. The van der Waals surface area contributed by atoms with Crippen LogP contribution in [0.3, 0.4) is 0 Å². The molecule has 0 saturated heterocycles. The van der Waals surface area contributed by atoms with E-state index in [0.717, 1.165) is 11.1 Å². The van der Waals surface area contributed by atoms with Gasteiger partial charge < -0.3 is 14.5 Å². The van der Waals surface area contributed by atoms with Crippen LogP contribution in [0.15, 0.2) is 34.9 Å². The van der Waals surface area contributed by atoms with E-state index in [9.17, 15) is 9.59 Å². The molecule has 1 heterocycles. The zero-order valence-corrected chi connectivity index (χ0v) is 12.6. The van der Waals surface area contributed by atoms with Crippen LogP contribution in [0.5, 0.6) is 0 Å². The molecule has 0 aliphatic rings. The molecule has 0 spiro atoms. The summed E-state index contributed by atoms with van der Waals surface area (Å²) in [5.74, 6) is -1.47. The van der Waals surface area contributed by atoms with Crippen LogP contribution in [0.25, 0.3) is 11.3 Å². The maximum atomic E-state index is 12.3. The lowest BCUT2D eigenvalue weighted by molar-refractivity contribution is -0.137. The van der Waals surface area contributed by atoms with Crippen molar-refractivity contribution in [1.82, 2.24) is 10.1 Å². The third-order valence-electron chi connectivity index (χ3n) is 3.18.